The van der Waals surface area contributed by atoms with Crippen LogP contribution in [-0.2, 0) is 0 Å². The third-order valence-corrected chi connectivity index (χ3v) is 3.63. The molecule has 1 fully saturated rings. The Morgan fingerprint density at radius 3 is 2.72 bits per heavy atom. The highest BCUT2D eigenvalue weighted by molar-refractivity contribution is 5.24. The Morgan fingerprint density at radius 2 is 2.11 bits per heavy atom. The van der Waals surface area contributed by atoms with Crippen LogP contribution in [0.3, 0.4) is 0 Å². The van der Waals surface area contributed by atoms with E-state index in [9.17, 15) is 5.11 Å². The van der Waals surface area contributed by atoms with Crippen LogP contribution >= 0.6 is 0 Å². The number of aromatic nitrogens is 2. The average molecular weight is 254 g/mol. The van der Waals surface area contributed by atoms with E-state index in [4.69, 9.17) is 4.42 Å². The Bertz CT molecular complexity index is 387. The SMILES string of the molecule is CNC(C)c1nnc(N(C)CC2(O)CCCC2)o1. The van der Waals surface area contributed by atoms with E-state index in [-0.39, 0.29) is 6.04 Å². The highest BCUT2D eigenvalue weighted by atomic mass is 16.4. The van der Waals surface area contributed by atoms with Gasteiger partial charge in [0.2, 0.25) is 5.89 Å². The molecule has 1 saturated carbocycles. The van der Waals surface area contributed by atoms with Crippen molar-refractivity contribution in [2.75, 3.05) is 25.5 Å². The number of nitrogens with one attached hydrogen (secondary N) is 1. The molecule has 1 aromatic rings. The fraction of sp³-hybridized carbons (Fsp3) is 0.833. The Labute approximate surface area is 107 Å². The molecule has 0 spiro atoms. The zero-order valence-corrected chi connectivity index (χ0v) is 11.3. The summed E-state index contributed by atoms with van der Waals surface area (Å²) in [5.41, 5.74) is -0.599. The molecule has 0 amide bonds. The van der Waals surface area contributed by atoms with E-state index in [2.05, 4.69) is 15.5 Å². The van der Waals surface area contributed by atoms with Crippen molar-refractivity contribution in [3.05, 3.63) is 5.89 Å². The molecule has 0 bridgehead atoms. The Morgan fingerprint density at radius 1 is 1.44 bits per heavy atom. The normalized spacial score (nSPS) is 20.0. The van der Waals surface area contributed by atoms with Crippen LogP contribution in [0.5, 0.6) is 0 Å². The zero-order valence-electron chi connectivity index (χ0n) is 11.3. The van der Waals surface area contributed by atoms with Crippen molar-refractivity contribution in [1.82, 2.24) is 15.5 Å². The highest BCUT2D eigenvalue weighted by Crippen LogP contribution is 2.31. The van der Waals surface area contributed by atoms with Crippen LogP contribution in [0.25, 0.3) is 0 Å². The molecule has 2 N–H and O–H groups in total. The van der Waals surface area contributed by atoms with E-state index >= 15 is 0 Å². The van der Waals surface area contributed by atoms with Crippen molar-refractivity contribution in [3.8, 4) is 0 Å². The summed E-state index contributed by atoms with van der Waals surface area (Å²) in [5, 5.41) is 21.4. The van der Waals surface area contributed by atoms with Crippen molar-refractivity contribution in [1.29, 1.82) is 0 Å². The quantitative estimate of drug-likeness (QED) is 0.819. The van der Waals surface area contributed by atoms with E-state index in [1.54, 1.807) is 0 Å². The van der Waals surface area contributed by atoms with E-state index < -0.39 is 5.60 Å². The maximum absolute atomic E-state index is 10.3. The standard InChI is InChI=1S/C12H22N4O2/c1-9(13-2)10-14-15-11(18-10)16(3)8-12(17)6-4-5-7-12/h9,13,17H,4-8H2,1-3H3. The van der Waals surface area contributed by atoms with E-state index in [0.29, 0.717) is 18.5 Å². The molecule has 0 aliphatic heterocycles. The van der Waals surface area contributed by atoms with E-state index in [0.717, 1.165) is 25.7 Å². The van der Waals surface area contributed by atoms with Crippen molar-refractivity contribution in [3.63, 3.8) is 0 Å². The van der Waals surface area contributed by atoms with Gasteiger partial charge in [-0.05, 0) is 26.8 Å². The summed E-state index contributed by atoms with van der Waals surface area (Å²) in [6.07, 6.45) is 3.89. The molecule has 1 atom stereocenters. The van der Waals surface area contributed by atoms with Crippen LogP contribution in [0, 0.1) is 0 Å². The predicted octanol–water partition coefficient (Wildman–Crippen LogP) is 1.09. The van der Waals surface area contributed by atoms with Crippen molar-refractivity contribution in [2.45, 2.75) is 44.2 Å². The van der Waals surface area contributed by atoms with Crippen LogP contribution in [0.15, 0.2) is 4.42 Å². The van der Waals surface area contributed by atoms with Gasteiger partial charge in [-0.15, -0.1) is 5.10 Å². The molecule has 1 heterocycles. The molecular weight excluding hydrogens is 232 g/mol. The van der Waals surface area contributed by atoms with Gasteiger partial charge >= 0.3 is 6.01 Å². The fourth-order valence-corrected chi connectivity index (χ4v) is 2.38. The van der Waals surface area contributed by atoms with Gasteiger partial charge in [0.25, 0.3) is 0 Å². The summed E-state index contributed by atoms with van der Waals surface area (Å²) in [4.78, 5) is 1.84. The first-order valence-electron chi connectivity index (χ1n) is 6.48. The molecule has 1 aliphatic rings. The molecule has 6 nitrogen and oxygen atoms in total. The lowest BCUT2D eigenvalue weighted by molar-refractivity contribution is 0.0549. The third-order valence-electron chi connectivity index (χ3n) is 3.63. The number of rotatable bonds is 5. The molecule has 0 radical (unpaired) electrons. The number of anilines is 1. The number of aliphatic hydroxyl groups is 1. The maximum atomic E-state index is 10.3. The van der Waals surface area contributed by atoms with Crippen molar-refractivity contribution in [2.24, 2.45) is 0 Å². The number of hydrogen-bond acceptors (Lipinski definition) is 6. The number of nitrogens with zero attached hydrogens (tertiary/aromatic N) is 3. The summed E-state index contributed by atoms with van der Waals surface area (Å²) < 4.78 is 5.58. The van der Waals surface area contributed by atoms with Gasteiger partial charge in [0.05, 0.1) is 18.2 Å². The number of likely N-dealkylation sites (N-methyl/N-ethyl adjacent to an activating group) is 1. The molecule has 0 aromatic carbocycles. The topological polar surface area (TPSA) is 74.4 Å². The monoisotopic (exact) mass is 254 g/mol. The minimum atomic E-state index is -0.599. The smallest absolute Gasteiger partial charge is 0.318 e. The first-order valence-corrected chi connectivity index (χ1v) is 6.48. The fourth-order valence-electron chi connectivity index (χ4n) is 2.38. The zero-order chi connectivity index (χ0) is 13.2. The molecule has 102 valence electrons. The van der Waals surface area contributed by atoms with Gasteiger partial charge in [-0.25, -0.2) is 0 Å². The highest BCUT2D eigenvalue weighted by Gasteiger charge is 2.33. The minimum Gasteiger partial charge on any atom is -0.406 e. The Balaban J connectivity index is 2.00. The van der Waals surface area contributed by atoms with Gasteiger partial charge in [-0.1, -0.05) is 17.9 Å². The molecular formula is C12H22N4O2. The summed E-state index contributed by atoms with van der Waals surface area (Å²) in [7, 11) is 3.72. The van der Waals surface area contributed by atoms with Gasteiger partial charge in [0.15, 0.2) is 0 Å². The lowest BCUT2D eigenvalue weighted by Gasteiger charge is -2.27. The Hall–Kier alpha value is -1.14. The summed E-state index contributed by atoms with van der Waals surface area (Å²) in [6, 6.07) is 0.502. The maximum Gasteiger partial charge on any atom is 0.318 e. The van der Waals surface area contributed by atoms with E-state index in [1.807, 2.05) is 25.9 Å². The predicted molar refractivity (Wildman–Crippen MR) is 68.5 cm³/mol. The van der Waals surface area contributed by atoms with Gasteiger partial charge in [-0.2, -0.15) is 0 Å². The number of hydrogen-bond donors (Lipinski definition) is 2. The van der Waals surface area contributed by atoms with Crippen LogP contribution in [0.2, 0.25) is 0 Å². The molecule has 6 heteroatoms. The van der Waals surface area contributed by atoms with Gasteiger partial charge in [0.1, 0.15) is 0 Å². The minimum absolute atomic E-state index is 0.0363. The molecule has 0 saturated heterocycles. The van der Waals surface area contributed by atoms with Crippen LogP contribution in [0.1, 0.15) is 44.5 Å². The lowest BCUT2D eigenvalue weighted by Crippen LogP contribution is -2.39. The van der Waals surface area contributed by atoms with E-state index in [1.165, 1.54) is 0 Å². The summed E-state index contributed by atoms with van der Waals surface area (Å²) in [6.45, 7) is 2.50. The molecule has 1 aliphatic carbocycles. The lowest BCUT2D eigenvalue weighted by atomic mass is 10.0. The molecule has 1 aromatic heterocycles. The summed E-state index contributed by atoms with van der Waals surface area (Å²) >= 11 is 0. The van der Waals surface area contributed by atoms with Gasteiger partial charge in [-0.3, -0.25) is 0 Å². The van der Waals surface area contributed by atoms with Gasteiger partial charge in [0, 0.05) is 7.05 Å². The molecule has 1 unspecified atom stereocenters. The van der Waals surface area contributed by atoms with Gasteiger partial charge < -0.3 is 19.7 Å². The second kappa shape index (κ2) is 5.24. The van der Waals surface area contributed by atoms with Crippen LogP contribution in [0.4, 0.5) is 6.01 Å². The van der Waals surface area contributed by atoms with Crippen LogP contribution in [-0.4, -0.2) is 41.5 Å². The first kappa shape index (κ1) is 13.3. The average Bonchev–Trinajstić information content (AvgIpc) is 2.97. The van der Waals surface area contributed by atoms with Crippen LogP contribution < -0.4 is 10.2 Å². The largest absolute Gasteiger partial charge is 0.406 e. The Kier molecular flexibility index (Phi) is 3.87. The second-order valence-corrected chi connectivity index (χ2v) is 5.22. The first-order chi connectivity index (χ1) is 8.54. The van der Waals surface area contributed by atoms with Crippen molar-refractivity contribution >= 4 is 6.01 Å². The molecule has 2 rings (SSSR count). The molecule has 18 heavy (non-hydrogen) atoms. The summed E-state index contributed by atoms with van der Waals surface area (Å²) in [5.74, 6) is 0.567. The van der Waals surface area contributed by atoms with Crippen molar-refractivity contribution < 1.29 is 9.52 Å². The third kappa shape index (κ3) is 2.81. The second-order valence-electron chi connectivity index (χ2n) is 5.22.